The van der Waals surface area contributed by atoms with Gasteiger partial charge in [0.25, 0.3) is 0 Å². The summed E-state index contributed by atoms with van der Waals surface area (Å²) in [5.41, 5.74) is 7.63. The van der Waals surface area contributed by atoms with Gasteiger partial charge >= 0.3 is 5.69 Å². The van der Waals surface area contributed by atoms with Gasteiger partial charge in [-0.15, -0.1) is 0 Å². The third-order valence-corrected chi connectivity index (χ3v) is 9.43. The van der Waals surface area contributed by atoms with E-state index in [1.54, 1.807) is 29.0 Å². The fourth-order valence-electron chi connectivity index (χ4n) is 6.45. The quantitative estimate of drug-likeness (QED) is 0.300. The molecule has 214 valence electrons. The molecule has 3 atom stereocenters. The van der Waals surface area contributed by atoms with Crippen LogP contribution in [-0.4, -0.2) is 57.9 Å². The molecule has 2 saturated heterocycles. The number of benzene rings is 2. The van der Waals surface area contributed by atoms with Crippen molar-refractivity contribution >= 4 is 55.0 Å². The monoisotopic (exact) mass is 605 g/mol. The molecule has 2 bridgehead atoms. The maximum atomic E-state index is 14.7. The number of hydrogen-bond acceptors (Lipinski definition) is 10. The van der Waals surface area contributed by atoms with E-state index in [9.17, 15) is 9.18 Å². The Balaban J connectivity index is 1.35. The second kappa shape index (κ2) is 9.79. The summed E-state index contributed by atoms with van der Waals surface area (Å²) < 4.78 is 29.1. The van der Waals surface area contributed by atoms with Crippen LogP contribution in [0.1, 0.15) is 18.9 Å². The molecule has 0 amide bonds. The minimum absolute atomic E-state index is 0.129. The van der Waals surface area contributed by atoms with Gasteiger partial charge in [0, 0.05) is 53.9 Å². The lowest BCUT2D eigenvalue weighted by molar-refractivity contribution is 0.165. The predicted molar refractivity (Wildman–Crippen MR) is 160 cm³/mol. The Morgan fingerprint density at radius 1 is 1.19 bits per heavy atom. The molecule has 10 nitrogen and oxygen atoms in total. The molecule has 3 aliphatic rings. The summed E-state index contributed by atoms with van der Waals surface area (Å²) in [6.45, 7) is 1.75. The number of rotatable bonds is 5. The summed E-state index contributed by atoms with van der Waals surface area (Å²) in [5.74, 6) is 1.03. The van der Waals surface area contributed by atoms with E-state index in [2.05, 4.69) is 25.2 Å². The van der Waals surface area contributed by atoms with E-state index < -0.39 is 17.5 Å². The van der Waals surface area contributed by atoms with Crippen LogP contribution in [-0.2, 0) is 0 Å². The van der Waals surface area contributed by atoms with Crippen molar-refractivity contribution in [2.45, 2.75) is 31.0 Å². The standard InChI is InChI=1S/C29H25ClFN7O3S/c30-19-9-18-24-25(22(19)17-6-7-20(31)26-23(17)35-28(32)42-26)41-13-16(12-40-21-3-1-2-8-33-21)38(24)29(39)36-27(18)37-10-14-4-5-15(11-37)34-14/h1-3,6-9,14-16,34H,4-5,10-13H2,(H2,32,35)/t14?,15?,16-/m0/s1. The zero-order valence-electron chi connectivity index (χ0n) is 22.2. The number of anilines is 2. The largest absolute Gasteiger partial charge is 0.488 e. The Morgan fingerprint density at radius 3 is 2.81 bits per heavy atom. The third kappa shape index (κ3) is 4.08. The van der Waals surface area contributed by atoms with Crippen molar-refractivity contribution in [3.8, 4) is 22.8 Å². The van der Waals surface area contributed by atoms with Crippen molar-refractivity contribution in [2.75, 3.05) is 36.9 Å². The Bertz CT molecular complexity index is 1920. The van der Waals surface area contributed by atoms with E-state index >= 15 is 0 Å². The molecule has 0 spiro atoms. The Hall–Kier alpha value is -4.00. The molecule has 3 N–H and O–H groups in total. The van der Waals surface area contributed by atoms with Crippen molar-refractivity contribution in [1.29, 1.82) is 0 Å². The van der Waals surface area contributed by atoms with Gasteiger partial charge in [-0.1, -0.05) is 29.0 Å². The van der Waals surface area contributed by atoms with Crippen LogP contribution in [0.2, 0.25) is 5.02 Å². The highest BCUT2D eigenvalue weighted by atomic mass is 35.5. The molecule has 2 fully saturated rings. The van der Waals surface area contributed by atoms with Crippen LogP contribution in [0.15, 0.2) is 47.4 Å². The SMILES string of the molecule is Nc1nc2c(-c3c(Cl)cc4c(N5CC6CCC(C5)N6)nc(=O)n5c4c3OC[C@@H]5COc3ccccn3)ccc(F)c2s1. The number of halogens is 2. The number of fused-ring (bicyclic) bond motifs is 3. The van der Waals surface area contributed by atoms with Crippen molar-refractivity contribution in [3.05, 3.63) is 63.9 Å². The molecule has 2 unspecified atom stereocenters. The second-order valence-corrected chi connectivity index (χ2v) is 12.3. The molecule has 0 radical (unpaired) electrons. The van der Waals surface area contributed by atoms with Gasteiger partial charge in [0.15, 0.2) is 10.9 Å². The lowest BCUT2D eigenvalue weighted by atomic mass is 9.99. The first-order valence-corrected chi connectivity index (χ1v) is 15.0. The number of pyridine rings is 1. The smallest absolute Gasteiger partial charge is 0.350 e. The number of thiazole rings is 1. The second-order valence-electron chi connectivity index (χ2n) is 10.9. The number of nitrogens with two attached hydrogens (primary N) is 1. The van der Waals surface area contributed by atoms with Crippen molar-refractivity contribution < 1.29 is 13.9 Å². The maximum absolute atomic E-state index is 14.7. The number of nitrogen functional groups attached to an aromatic ring is 1. The average Bonchev–Trinajstić information content (AvgIpc) is 3.56. The molecule has 13 heteroatoms. The van der Waals surface area contributed by atoms with E-state index in [4.69, 9.17) is 26.8 Å². The Morgan fingerprint density at radius 2 is 2.02 bits per heavy atom. The van der Waals surface area contributed by atoms with Gasteiger partial charge in [0.05, 0.1) is 20.8 Å². The molecule has 3 aromatic heterocycles. The number of hydrogen-bond donors (Lipinski definition) is 2. The van der Waals surface area contributed by atoms with E-state index in [0.717, 1.165) is 37.3 Å². The minimum atomic E-state index is -0.479. The molecule has 8 rings (SSSR count). The highest BCUT2D eigenvalue weighted by Crippen LogP contribution is 2.49. The Kier molecular flexibility index (Phi) is 5.99. The van der Waals surface area contributed by atoms with Crippen molar-refractivity contribution in [2.24, 2.45) is 0 Å². The molecule has 42 heavy (non-hydrogen) atoms. The molecule has 0 saturated carbocycles. The lowest BCUT2D eigenvalue weighted by Gasteiger charge is -2.36. The van der Waals surface area contributed by atoms with Crippen molar-refractivity contribution in [3.63, 3.8) is 0 Å². The fraction of sp³-hybridized carbons (Fsp3) is 0.310. The molecule has 6 heterocycles. The van der Waals surface area contributed by atoms with Gasteiger partial charge in [0.2, 0.25) is 5.88 Å². The maximum Gasteiger partial charge on any atom is 0.350 e. The normalized spacial score (nSPS) is 21.2. The number of nitrogens with zero attached hydrogens (tertiary/aromatic N) is 5. The van der Waals surface area contributed by atoms with Gasteiger partial charge in [-0.3, -0.25) is 4.57 Å². The zero-order valence-corrected chi connectivity index (χ0v) is 23.8. The van der Waals surface area contributed by atoms with Crippen LogP contribution >= 0.6 is 22.9 Å². The highest BCUT2D eigenvalue weighted by molar-refractivity contribution is 7.22. The first-order valence-electron chi connectivity index (χ1n) is 13.8. The summed E-state index contributed by atoms with van der Waals surface area (Å²) in [6.07, 6.45) is 3.81. The molecule has 2 aromatic carbocycles. The average molecular weight is 606 g/mol. The van der Waals surface area contributed by atoms with Gasteiger partial charge in [-0.25, -0.2) is 19.2 Å². The first-order chi connectivity index (χ1) is 20.4. The summed E-state index contributed by atoms with van der Waals surface area (Å²) in [6, 6.07) is 10.4. The van der Waals surface area contributed by atoms with E-state index in [1.165, 1.54) is 6.07 Å². The van der Waals surface area contributed by atoms with E-state index in [-0.39, 0.29) is 18.3 Å². The summed E-state index contributed by atoms with van der Waals surface area (Å²) >= 11 is 8.10. The third-order valence-electron chi connectivity index (χ3n) is 8.24. The minimum Gasteiger partial charge on any atom is -0.488 e. The molecule has 3 aliphatic heterocycles. The van der Waals surface area contributed by atoms with Crippen LogP contribution in [0.3, 0.4) is 0 Å². The summed E-state index contributed by atoms with van der Waals surface area (Å²) in [7, 11) is 0. The fourth-order valence-corrected chi connectivity index (χ4v) is 7.51. The molecule has 0 aliphatic carbocycles. The summed E-state index contributed by atoms with van der Waals surface area (Å²) in [5, 5.41) is 4.96. The van der Waals surface area contributed by atoms with Gasteiger partial charge in [0.1, 0.15) is 30.9 Å². The van der Waals surface area contributed by atoms with Gasteiger partial charge in [-0.2, -0.15) is 4.98 Å². The first kappa shape index (κ1) is 25.7. The van der Waals surface area contributed by atoms with Crippen LogP contribution in [0.4, 0.5) is 15.3 Å². The van der Waals surface area contributed by atoms with Crippen LogP contribution in [0, 0.1) is 5.82 Å². The van der Waals surface area contributed by atoms with E-state index in [0.29, 0.717) is 66.8 Å². The highest BCUT2D eigenvalue weighted by Gasteiger charge is 2.36. The van der Waals surface area contributed by atoms with Gasteiger partial charge in [-0.05, 0) is 37.1 Å². The topological polar surface area (TPSA) is 120 Å². The lowest BCUT2D eigenvalue weighted by Crippen LogP contribution is -2.52. The summed E-state index contributed by atoms with van der Waals surface area (Å²) in [4.78, 5) is 29.3. The van der Waals surface area contributed by atoms with Gasteiger partial charge < -0.3 is 25.4 Å². The molecular weight excluding hydrogens is 581 g/mol. The number of nitrogens with one attached hydrogen (secondary N) is 1. The molecular formula is C29H25ClFN7O3S. The zero-order chi connectivity index (χ0) is 28.5. The van der Waals surface area contributed by atoms with Crippen LogP contribution in [0.25, 0.3) is 32.2 Å². The number of piperazine rings is 1. The predicted octanol–water partition coefficient (Wildman–Crippen LogP) is 4.40. The van der Waals surface area contributed by atoms with Crippen LogP contribution in [0.5, 0.6) is 11.6 Å². The number of aromatic nitrogens is 4. The van der Waals surface area contributed by atoms with Crippen molar-refractivity contribution in [1.82, 2.24) is 24.8 Å². The van der Waals surface area contributed by atoms with Crippen LogP contribution < -0.4 is 31.1 Å². The van der Waals surface area contributed by atoms with E-state index in [1.807, 2.05) is 12.1 Å². The molecule has 5 aromatic rings. The Labute approximate surface area is 247 Å². The number of ether oxygens (including phenoxy) is 2.